The maximum atomic E-state index is 13.0. The molecule has 0 spiro atoms. The summed E-state index contributed by atoms with van der Waals surface area (Å²) in [5.74, 6) is -0.115. The van der Waals surface area contributed by atoms with E-state index in [1.165, 1.54) is 41.5 Å². The van der Waals surface area contributed by atoms with Crippen molar-refractivity contribution in [3.63, 3.8) is 0 Å². The summed E-state index contributed by atoms with van der Waals surface area (Å²) in [6, 6.07) is 22.7. The normalized spacial score (nSPS) is 12.7. The third-order valence-electron chi connectivity index (χ3n) is 4.15. The lowest BCUT2D eigenvalue weighted by atomic mass is 10.1. The second kappa shape index (κ2) is 9.58. The van der Waals surface area contributed by atoms with Crippen molar-refractivity contribution in [2.45, 2.75) is 20.9 Å². The third kappa shape index (κ3) is 5.48. The molecule has 152 valence electrons. The van der Waals surface area contributed by atoms with Gasteiger partial charge in [-0.2, -0.15) is 0 Å². The Kier molecular flexibility index (Phi) is 7.13. The number of carbonyl (C=O) groups excluding carboxylic acids is 1. The molecule has 0 aliphatic rings. The van der Waals surface area contributed by atoms with Crippen LogP contribution in [0.1, 0.15) is 15.7 Å². The first kappa shape index (κ1) is 21.6. The fourth-order valence-corrected chi connectivity index (χ4v) is 6.11. The van der Waals surface area contributed by atoms with Gasteiger partial charge in [0.25, 0.3) is 10.0 Å². The topological polar surface area (TPSA) is 66.5 Å². The van der Waals surface area contributed by atoms with Gasteiger partial charge in [0.15, 0.2) is 0 Å². The first-order valence-electron chi connectivity index (χ1n) is 8.93. The van der Waals surface area contributed by atoms with Crippen LogP contribution in [0.2, 0.25) is 0 Å². The number of benzene rings is 2. The highest BCUT2D eigenvalue weighted by molar-refractivity contribution is 8.00. The van der Waals surface area contributed by atoms with Gasteiger partial charge in [-0.15, -0.1) is 23.1 Å². The second-order valence-corrected chi connectivity index (χ2v) is 11.2. The van der Waals surface area contributed by atoms with Crippen LogP contribution >= 0.6 is 23.1 Å². The predicted octanol–water partition coefficient (Wildman–Crippen LogP) is 4.15. The summed E-state index contributed by atoms with van der Waals surface area (Å²) < 4.78 is 25.9. The summed E-state index contributed by atoms with van der Waals surface area (Å²) in [5, 5.41) is 2.55. The van der Waals surface area contributed by atoms with Gasteiger partial charge in [0.05, 0.1) is 6.54 Å². The number of hydrogen-bond donors (Lipinski definition) is 1. The lowest BCUT2D eigenvalue weighted by Gasteiger charge is -2.17. The minimum absolute atomic E-state index is 0.115. The Morgan fingerprint density at radius 1 is 1.00 bits per heavy atom. The average Bonchev–Trinajstić information content (AvgIpc) is 3.21. The second-order valence-electron chi connectivity index (χ2n) is 6.45. The summed E-state index contributed by atoms with van der Waals surface area (Å²) in [6.07, 6.45) is 0. The molecule has 29 heavy (non-hydrogen) atoms. The summed E-state index contributed by atoms with van der Waals surface area (Å²) in [6.45, 7) is 0.283. The molecule has 1 atom stereocenters. The van der Waals surface area contributed by atoms with Crippen LogP contribution in [0.15, 0.2) is 81.9 Å². The maximum absolute atomic E-state index is 13.0. The Hall–Kier alpha value is -2.13. The van der Waals surface area contributed by atoms with E-state index in [0.29, 0.717) is 0 Å². The molecule has 0 bridgehead atoms. The molecular formula is C21H22N2O3S3. The molecule has 0 fully saturated rings. The van der Waals surface area contributed by atoms with Crippen molar-refractivity contribution in [2.24, 2.45) is 0 Å². The highest BCUT2D eigenvalue weighted by Crippen LogP contribution is 2.35. The molecule has 0 aliphatic heterocycles. The molecule has 0 saturated carbocycles. The molecule has 1 heterocycles. The van der Waals surface area contributed by atoms with Crippen LogP contribution in [0.3, 0.4) is 0 Å². The zero-order valence-electron chi connectivity index (χ0n) is 16.1. The first-order valence-corrected chi connectivity index (χ1v) is 12.1. The molecule has 1 unspecified atom stereocenters. The van der Waals surface area contributed by atoms with Crippen molar-refractivity contribution in [1.82, 2.24) is 9.62 Å². The average molecular weight is 447 g/mol. The minimum atomic E-state index is -3.46. The van der Waals surface area contributed by atoms with E-state index in [0.717, 1.165) is 15.3 Å². The number of thiophene rings is 1. The maximum Gasteiger partial charge on any atom is 0.252 e. The SMILES string of the molecule is CN(C)S(=O)(=O)c1ccc(CNC(=O)C(Sc2ccccc2)c2ccccc2)s1. The predicted molar refractivity (Wildman–Crippen MR) is 119 cm³/mol. The van der Waals surface area contributed by atoms with Crippen LogP contribution in [0.4, 0.5) is 0 Å². The van der Waals surface area contributed by atoms with Crippen molar-refractivity contribution in [1.29, 1.82) is 0 Å². The van der Waals surface area contributed by atoms with E-state index in [-0.39, 0.29) is 16.7 Å². The third-order valence-corrected chi connectivity index (χ3v) is 8.78. The molecule has 5 nitrogen and oxygen atoms in total. The molecule has 3 rings (SSSR count). The van der Waals surface area contributed by atoms with E-state index >= 15 is 0 Å². The van der Waals surface area contributed by atoms with Crippen molar-refractivity contribution in [2.75, 3.05) is 14.1 Å². The highest BCUT2D eigenvalue weighted by atomic mass is 32.2. The molecule has 8 heteroatoms. The Labute approximate surface area is 179 Å². The Bertz CT molecular complexity index is 1050. The van der Waals surface area contributed by atoms with Crippen LogP contribution in [-0.4, -0.2) is 32.7 Å². The molecule has 0 radical (unpaired) electrons. The van der Waals surface area contributed by atoms with Crippen LogP contribution in [-0.2, 0) is 21.4 Å². The first-order chi connectivity index (χ1) is 13.9. The number of amides is 1. The van der Waals surface area contributed by atoms with Gasteiger partial charge < -0.3 is 5.32 Å². The molecule has 0 aliphatic carbocycles. The van der Waals surface area contributed by atoms with E-state index in [4.69, 9.17) is 0 Å². The molecule has 1 N–H and O–H groups in total. The summed E-state index contributed by atoms with van der Waals surface area (Å²) in [7, 11) is -0.456. The number of rotatable bonds is 8. The van der Waals surface area contributed by atoms with E-state index in [9.17, 15) is 13.2 Å². The summed E-state index contributed by atoms with van der Waals surface area (Å²) >= 11 is 2.66. The van der Waals surface area contributed by atoms with Gasteiger partial charge in [0, 0.05) is 23.9 Å². The van der Waals surface area contributed by atoms with E-state index in [1.54, 1.807) is 12.1 Å². The quantitative estimate of drug-likeness (QED) is 0.528. The zero-order chi connectivity index (χ0) is 20.9. The fraction of sp³-hybridized carbons (Fsp3) is 0.190. The van der Waals surface area contributed by atoms with Crippen molar-refractivity contribution >= 4 is 39.0 Å². The molecule has 1 amide bonds. The van der Waals surface area contributed by atoms with E-state index in [1.807, 2.05) is 60.7 Å². The molecular weight excluding hydrogens is 424 g/mol. The van der Waals surface area contributed by atoms with E-state index in [2.05, 4.69) is 5.32 Å². The Morgan fingerprint density at radius 2 is 1.62 bits per heavy atom. The summed E-state index contributed by atoms with van der Waals surface area (Å²) in [5.41, 5.74) is 0.918. The molecule has 0 saturated heterocycles. The Morgan fingerprint density at radius 3 is 2.24 bits per heavy atom. The monoisotopic (exact) mass is 446 g/mol. The lowest BCUT2D eigenvalue weighted by molar-refractivity contribution is -0.120. The van der Waals surface area contributed by atoms with Gasteiger partial charge in [0.1, 0.15) is 9.46 Å². The van der Waals surface area contributed by atoms with Crippen molar-refractivity contribution < 1.29 is 13.2 Å². The van der Waals surface area contributed by atoms with Crippen molar-refractivity contribution in [3.8, 4) is 0 Å². The van der Waals surface area contributed by atoms with E-state index < -0.39 is 15.3 Å². The van der Waals surface area contributed by atoms with Crippen LogP contribution in [0, 0.1) is 0 Å². The number of thioether (sulfide) groups is 1. The molecule has 3 aromatic rings. The van der Waals surface area contributed by atoms with Gasteiger partial charge >= 0.3 is 0 Å². The highest BCUT2D eigenvalue weighted by Gasteiger charge is 2.23. The lowest BCUT2D eigenvalue weighted by Crippen LogP contribution is -2.27. The largest absolute Gasteiger partial charge is 0.350 e. The van der Waals surface area contributed by atoms with Crippen LogP contribution < -0.4 is 5.32 Å². The molecule has 1 aromatic heterocycles. The Balaban J connectivity index is 1.73. The van der Waals surface area contributed by atoms with Crippen LogP contribution in [0.5, 0.6) is 0 Å². The minimum Gasteiger partial charge on any atom is -0.350 e. The number of carbonyl (C=O) groups is 1. The van der Waals surface area contributed by atoms with Gasteiger partial charge in [-0.3, -0.25) is 4.79 Å². The molecule has 2 aromatic carbocycles. The van der Waals surface area contributed by atoms with Gasteiger partial charge in [-0.1, -0.05) is 48.5 Å². The zero-order valence-corrected chi connectivity index (χ0v) is 18.6. The summed E-state index contributed by atoms with van der Waals surface area (Å²) in [4.78, 5) is 14.8. The van der Waals surface area contributed by atoms with Gasteiger partial charge in [0.2, 0.25) is 5.91 Å². The number of sulfonamides is 1. The van der Waals surface area contributed by atoms with Gasteiger partial charge in [-0.05, 0) is 29.8 Å². The number of nitrogens with zero attached hydrogens (tertiary/aromatic N) is 1. The number of nitrogens with one attached hydrogen (secondary N) is 1. The fourth-order valence-electron chi connectivity index (χ4n) is 2.57. The standard InChI is InChI=1S/C21H22N2O3S3/c1-23(2)29(25,26)19-14-13-18(27-19)15-22-21(24)20(16-9-5-3-6-10-16)28-17-11-7-4-8-12-17/h3-14,20H,15H2,1-2H3,(H,22,24). The van der Waals surface area contributed by atoms with Crippen molar-refractivity contribution in [3.05, 3.63) is 83.2 Å². The number of hydrogen-bond acceptors (Lipinski definition) is 5. The smallest absolute Gasteiger partial charge is 0.252 e. The van der Waals surface area contributed by atoms with Crippen LogP contribution in [0.25, 0.3) is 0 Å². The van der Waals surface area contributed by atoms with Gasteiger partial charge in [-0.25, -0.2) is 12.7 Å².